The number of nitrogens with one attached hydrogen (secondary N) is 1. The van der Waals surface area contributed by atoms with E-state index in [0.717, 1.165) is 11.1 Å². The Kier molecular flexibility index (Phi) is 6.56. The summed E-state index contributed by atoms with van der Waals surface area (Å²) < 4.78 is 15.8. The van der Waals surface area contributed by atoms with Crippen molar-refractivity contribution in [2.75, 3.05) is 19.6 Å². The number of nitrogens with zero attached hydrogens (tertiary/aromatic N) is 7. The monoisotopic (exact) mass is 596 g/mol. The zero-order chi connectivity index (χ0) is 28.3. The molecule has 0 aliphatic carbocycles. The first-order valence-electron chi connectivity index (χ1n) is 12.6. The summed E-state index contributed by atoms with van der Waals surface area (Å²) >= 11 is 3.25. The van der Waals surface area contributed by atoms with Gasteiger partial charge in [-0.2, -0.15) is 5.10 Å². The highest BCUT2D eigenvalue weighted by Gasteiger charge is 2.40. The minimum absolute atomic E-state index is 0.119. The number of hydrogen-bond acceptors (Lipinski definition) is 6. The predicted octanol–water partition coefficient (Wildman–Crippen LogP) is 4.40. The standard InChI is InChI=1S/C27H30BrFN8O2/c1-15-30-22(33-32-15)25(39)35-9-10-36(27(5,6)14-35)24(38)21-13-37-23(31-21)17(26(2,3)4)12-20(34-37)16-7-8-19(29)18(28)11-16/h7-8,11-13H,9-10,14H2,1-6H3,(H,30,32,33). The summed E-state index contributed by atoms with van der Waals surface area (Å²) in [5.74, 6) is -0.181. The molecule has 1 saturated heterocycles. The number of piperazine rings is 1. The van der Waals surface area contributed by atoms with Gasteiger partial charge in [0.1, 0.15) is 17.3 Å². The maximum absolute atomic E-state index is 13.9. The number of hydrogen-bond donors (Lipinski definition) is 1. The number of amides is 2. The van der Waals surface area contributed by atoms with Crippen molar-refractivity contribution in [1.29, 1.82) is 0 Å². The second-order valence-corrected chi connectivity index (χ2v) is 12.3. The van der Waals surface area contributed by atoms with Crippen molar-refractivity contribution in [2.24, 2.45) is 0 Å². The van der Waals surface area contributed by atoms with E-state index in [2.05, 4.69) is 51.9 Å². The zero-order valence-electron chi connectivity index (χ0n) is 22.7. The molecule has 0 radical (unpaired) electrons. The summed E-state index contributed by atoms with van der Waals surface area (Å²) in [6.07, 6.45) is 1.64. The van der Waals surface area contributed by atoms with Crippen LogP contribution in [0.4, 0.5) is 4.39 Å². The molecule has 1 fully saturated rings. The molecule has 1 aromatic carbocycles. The van der Waals surface area contributed by atoms with Gasteiger partial charge in [0, 0.05) is 30.8 Å². The topological polar surface area (TPSA) is 112 Å². The second kappa shape index (κ2) is 9.51. The first-order valence-corrected chi connectivity index (χ1v) is 13.4. The van der Waals surface area contributed by atoms with Crippen molar-refractivity contribution in [2.45, 2.75) is 52.5 Å². The second-order valence-electron chi connectivity index (χ2n) is 11.5. The molecule has 1 aliphatic rings. The van der Waals surface area contributed by atoms with Crippen LogP contribution >= 0.6 is 15.9 Å². The number of aromatic nitrogens is 6. The van der Waals surface area contributed by atoms with Crippen LogP contribution in [-0.4, -0.2) is 76.6 Å². The Morgan fingerprint density at radius 1 is 1.10 bits per heavy atom. The first kappa shape index (κ1) is 26.9. The van der Waals surface area contributed by atoms with Gasteiger partial charge >= 0.3 is 0 Å². The Balaban J connectivity index is 1.47. The Morgan fingerprint density at radius 3 is 2.46 bits per heavy atom. The highest BCUT2D eigenvalue weighted by molar-refractivity contribution is 9.10. The number of carbonyl (C=O) groups excluding carboxylic acids is 2. The number of H-pyrrole nitrogens is 1. The van der Waals surface area contributed by atoms with Gasteiger partial charge in [-0.3, -0.25) is 14.7 Å². The number of aryl methyl sites for hydroxylation is 1. The predicted molar refractivity (Wildman–Crippen MR) is 147 cm³/mol. The van der Waals surface area contributed by atoms with Crippen LogP contribution in [0.3, 0.4) is 0 Å². The van der Waals surface area contributed by atoms with Gasteiger partial charge in [-0.1, -0.05) is 20.8 Å². The maximum atomic E-state index is 13.9. The number of benzene rings is 1. The molecule has 1 N–H and O–H groups in total. The highest BCUT2D eigenvalue weighted by atomic mass is 79.9. The van der Waals surface area contributed by atoms with Gasteiger partial charge in [-0.15, -0.1) is 5.10 Å². The summed E-state index contributed by atoms with van der Waals surface area (Å²) in [7, 11) is 0. The third-order valence-corrected chi connectivity index (χ3v) is 7.50. The van der Waals surface area contributed by atoms with Gasteiger partial charge in [0.25, 0.3) is 11.8 Å². The van der Waals surface area contributed by atoms with Crippen LogP contribution in [0, 0.1) is 12.7 Å². The van der Waals surface area contributed by atoms with Crippen molar-refractivity contribution in [3.8, 4) is 11.3 Å². The van der Waals surface area contributed by atoms with Gasteiger partial charge in [0.05, 0.1) is 21.9 Å². The van der Waals surface area contributed by atoms with Crippen molar-refractivity contribution < 1.29 is 14.0 Å². The van der Waals surface area contributed by atoms with Gasteiger partial charge in [-0.05, 0) is 66.4 Å². The average Bonchev–Trinajstić information content (AvgIpc) is 3.49. The smallest absolute Gasteiger partial charge is 0.293 e. The Hall–Kier alpha value is -3.67. The SMILES string of the molecule is Cc1nc(C(=O)N2CCN(C(=O)c3cn4nc(-c5ccc(F)c(Br)c5)cc(C(C)(C)C)c4n3)C(C)(C)C2)n[nH]1. The molecule has 10 nitrogen and oxygen atoms in total. The molecule has 2 amide bonds. The number of carbonyl (C=O) groups is 2. The van der Waals surface area contributed by atoms with Crippen molar-refractivity contribution in [3.05, 3.63) is 63.7 Å². The van der Waals surface area contributed by atoms with Gasteiger partial charge in [0.2, 0.25) is 5.82 Å². The normalized spacial score (nSPS) is 15.7. The number of imidazole rings is 1. The van der Waals surface area contributed by atoms with E-state index in [-0.39, 0.29) is 34.6 Å². The molecule has 204 valence electrons. The molecule has 12 heteroatoms. The van der Waals surface area contributed by atoms with Crippen LogP contribution in [0.1, 0.15) is 67.1 Å². The Morgan fingerprint density at radius 2 is 1.85 bits per heavy atom. The molecule has 5 rings (SSSR count). The largest absolute Gasteiger partial charge is 0.332 e. The van der Waals surface area contributed by atoms with E-state index < -0.39 is 5.54 Å². The fraction of sp³-hybridized carbons (Fsp3) is 0.407. The minimum Gasteiger partial charge on any atom is -0.332 e. The summed E-state index contributed by atoms with van der Waals surface area (Å²) in [5, 5.41) is 11.4. The van der Waals surface area contributed by atoms with Crippen LogP contribution in [-0.2, 0) is 5.41 Å². The summed E-state index contributed by atoms with van der Waals surface area (Å²) in [6, 6.07) is 6.69. The van der Waals surface area contributed by atoms with E-state index in [1.54, 1.807) is 39.6 Å². The molecule has 0 saturated carbocycles. The van der Waals surface area contributed by atoms with Crippen molar-refractivity contribution >= 4 is 33.4 Å². The number of aromatic amines is 1. The number of fused-ring (bicyclic) bond motifs is 1. The molecule has 0 unspecified atom stereocenters. The van der Waals surface area contributed by atoms with Crippen LogP contribution < -0.4 is 0 Å². The minimum atomic E-state index is -0.655. The zero-order valence-corrected chi connectivity index (χ0v) is 24.3. The summed E-state index contributed by atoms with van der Waals surface area (Å²) in [5.41, 5.74) is 2.18. The lowest BCUT2D eigenvalue weighted by molar-refractivity contribution is 0.0160. The lowest BCUT2D eigenvalue weighted by Gasteiger charge is -2.46. The Labute approximate surface area is 233 Å². The molecule has 4 heterocycles. The van der Waals surface area contributed by atoms with E-state index in [0.29, 0.717) is 41.3 Å². The van der Waals surface area contributed by atoms with Gasteiger partial charge < -0.3 is 9.80 Å². The van der Waals surface area contributed by atoms with E-state index in [1.165, 1.54) is 6.07 Å². The molecule has 0 spiro atoms. The molecular weight excluding hydrogens is 567 g/mol. The van der Waals surface area contributed by atoms with Crippen LogP contribution in [0.5, 0.6) is 0 Å². The number of halogens is 2. The van der Waals surface area contributed by atoms with Crippen LogP contribution in [0.15, 0.2) is 34.9 Å². The van der Waals surface area contributed by atoms with Crippen LogP contribution in [0.25, 0.3) is 16.9 Å². The molecule has 1 aliphatic heterocycles. The molecular formula is C27H30BrFN8O2. The quantitative estimate of drug-likeness (QED) is 0.375. The van der Waals surface area contributed by atoms with E-state index in [4.69, 9.17) is 10.1 Å². The lowest BCUT2D eigenvalue weighted by atomic mass is 9.87. The van der Waals surface area contributed by atoms with Crippen LogP contribution in [0.2, 0.25) is 0 Å². The lowest BCUT2D eigenvalue weighted by Crippen LogP contribution is -2.62. The van der Waals surface area contributed by atoms with Gasteiger partial charge in [0.15, 0.2) is 5.65 Å². The fourth-order valence-electron chi connectivity index (χ4n) is 4.85. The van der Waals surface area contributed by atoms with E-state index >= 15 is 0 Å². The maximum Gasteiger partial charge on any atom is 0.293 e. The van der Waals surface area contributed by atoms with Crippen molar-refractivity contribution in [1.82, 2.24) is 39.6 Å². The Bertz CT molecular complexity index is 1600. The van der Waals surface area contributed by atoms with Crippen molar-refractivity contribution in [3.63, 3.8) is 0 Å². The molecule has 0 bridgehead atoms. The first-order chi connectivity index (χ1) is 18.2. The molecule has 4 aromatic rings. The highest BCUT2D eigenvalue weighted by Crippen LogP contribution is 2.32. The molecule has 3 aromatic heterocycles. The van der Waals surface area contributed by atoms with E-state index in [9.17, 15) is 14.0 Å². The van der Waals surface area contributed by atoms with E-state index in [1.807, 2.05) is 19.9 Å². The third kappa shape index (κ3) is 5.05. The fourth-order valence-corrected chi connectivity index (χ4v) is 5.23. The van der Waals surface area contributed by atoms with Gasteiger partial charge in [-0.25, -0.2) is 18.9 Å². The summed E-state index contributed by atoms with van der Waals surface area (Å²) in [4.78, 5) is 39.0. The molecule has 0 atom stereocenters. The third-order valence-electron chi connectivity index (χ3n) is 6.89. The average molecular weight is 597 g/mol. The molecule has 39 heavy (non-hydrogen) atoms. The number of rotatable bonds is 3. The summed E-state index contributed by atoms with van der Waals surface area (Å²) in [6.45, 7) is 12.8.